The lowest BCUT2D eigenvalue weighted by Crippen LogP contribution is -2.35. The summed E-state index contributed by atoms with van der Waals surface area (Å²) in [7, 11) is 0. The Hall–Kier alpha value is -1.32. The Labute approximate surface area is 95.4 Å². The molecule has 1 aromatic rings. The second-order valence-electron chi connectivity index (χ2n) is 4.47. The van der Waals surface area contributed by atoms with E-state index in [1.807, 2.05) is 13.8 Å². The van der Waals surface area contributed by atoms with Gasteiger partial charge in [-0.2, -0.15) is 0 Å². The van der Waals surface area contributed by atoms with Gasteiger partial charge in [-0.1, -0.05) is 11.6 Å². The summed E-state index contributed by atoms with van der Waals surface area (Å²) in [5.41, 5.74) is 2.05. The zero-order chi connectivity index (χ0) is 11.5. The van der Waals surface area contributed by atoms with Gasteiger partial charge in [0.1, 0.15) is 5.76 Å². The third kappa shape index (κ3) is 2.26. The molecule has 0 spiro atoms. The van der Waals surface area contributed by atoms with Gasteiger partial charge in [-0.05, 0) is 33.1 Å². The minimum Gasteiger partial charge on any atom is -0.361 e. The summed E-state index contributed by atoms with van der Waals surface area (Å²) in [6, 6.07) is 0. The zero-order valence-corrected chi connectivity index (χ0v) is 9.88. The van der Waals surface area contributed by atoms with E-state index in [-0.39, 0.29) is 11.8 Å². The number of nitrogens with one attached hydrogen (secondary N) is 1. The van der Waals surface area contributed by atoms with E-state index in [0.29, 0.717) is 6.54 Å². The SMILES string of the molecule is Cc1noc(C)c1CCNC(=O)C1CCC1. The molecule has 2 rings (SSSR count). The molecule has 0 aromatic carbocycles. The summed E-state index contributed by atoms with van der Waals surface area (Å²) in [6.07, 6.45) is 4.11. The molecule has 88 valence electrons. The van der Waals surface area contributed by atoms with Crippen LogP contribution in [0.5, 0.6) is 0 Å². The number of carbonyl (C=O) groups is 1. The van der Waals surface area contributed by atoms with E-state index >= 15 is 0 Å². The van der Waals surface area contributed by atoms with E-state index in [1.165, 1.54) is 6.42 Å². The normalized spacial score (nSPS) is 15.9. The van der Waals surface area contributed by atoms with Crippen LogP contribution >= 0.6 is 0 Å². The van der Waals surface area contributed by atoms with Gasteiger partial charge < -0.3 is 9.84 Å². The predicted molar refractivity (Wildman–Crippen MR) is 60.0 cm³/mol. The molecule has 0 aliphatic heterocycles. The smallest absolute Gasteiger partial charge is 0.223 e. The van der Waals surface area contributed by atoms with Crippen molar-refractivity contribution in [3.63, 3.8) is 0 Å². The first-order chi connectivity index (χ1) is 7.68. The number of hydrogen-bond donors (Lipinski definition) is 1. The summed E-state index contributed by atoms with van der Waals surface area (Å²) in [4.78, 5) is 11.6. The molecule has 1 heterocycles. The zero-order valence-electron chi connectivity index (χ0n) is 9.88. The molecule has 0 radical (unpaired) electrons. The van der Waals surface area contributed by atoms with Crippen LogP contribution < -0.4 is 5.32 Å². The fourth-order valence-corrected chi connectivity index (χ4v) is 1.98. The highest BCUT2D eigenvalue weighted by molar-refractivity contribution is 5.79. The fourth-order valence-electron chi connectivity index (χ4n) is 1.98. The largest absolute Gasteiger partial charge is 0.361 e. The molecule has 4 heteroatoms. The number of nitrogens with zero attached hydrogens (tertiary/aromatic N) is 1. The quantitative estimate of drug-likeness (QED) is 0.844. The van der Waals surface area contributed by atoms with Crippen LogP contribution in [0.25, 0.3) is 0 Å². The van der Waals surface area contributed by atoms with Gasteiger partial charge in [-0.3, -0.25) is 4.79 Å². The molecule has 4 nitrogen and oxygen atoms in total. The van der Waals surface area contributed by atoms with Crippen LogP contribution in [0.4, 0.5) is 0 Å². The molecule has 0 unspecified atom stereocenters. The number of amides is 1. The molecule has 1 fully saturated rings. The van der Waals surface area contributed by atoms with Crippen molar-refractivity contribution in [2.24, 2.45) is 5.92 Å². The van der Waals surface area contributed by atoms with Crippen molar-refractivity contribution in [2.75, 3.05) is 6.54 Å². The number of aromatic nitrogens is 1. The minimum atomic E-state index is 0.206. The maximum atomic E-state index is 11.6. The first-order valence-corrected chi connectivity index (χ1v) is 5.88. The molecule has 1 amide bonds. The highest BCUT2D eigenvalue weighted by Gasteiger charge is 2.24. The highest BCUT2D eigenvalue weighted by atomic mass is 16.5. The van der Waals surface area contributed by atoms with Gasteiger partial charge in [0.05, 0.1) is 5.69 Å². The van der Waals surface area contributed by atoms with Crippen molar-refractivity contribution in [1.29, 1.82) is 0 Å². The topological polar surface area (TPSA) is 55.1 Å². The van der Waals surface area contributed by atoms with E-state index in [0.717, 1.165) is 36.3 Å². The Kier molecular flexibility index (Phi) is 3.27. The summed E-state index contributed by atoms with van der Waals surface area (Å²) >= 11 is 0. The molecule has 1 saturated carbocycles. The van der Waals surface area contributed by atoms with Gasteiger partial charge in [0.2, 0.25) is 5.91 Å². The van der Waals surface area contributed by atoms with E-state index in [9.17, 15) is 4.79 Å². The summed E-state index contributed by atoms with van der Waals surface area (Å²) in [5.74, 6) is 1.33. The summed E-state index contributed by atoms with van der Waals surface area (Å²) < 4.78 is 5.07. The van der Waals surface area contributed by atoms with Gasteiger partial charge >= 0.3 is 0 Å². The minimum absolute atomic E-state index is 0.206. The van der Waals surface area contributed by atoms with E-state index in [2.05, 4.69) is 10.5 Å². The molecular weight excluding hydrogens is 204 g/mol. The van der Waals surface area contributed by atoms with Crippen LogP contribution in [-0.2, 0) is 11.2 Å². The lowest BCUT2D eigenvalue weighted by Gasteiger charge is -2.23. The second kappa shape index (κ2) is 4.68. The average molecular weight is 222 g/mol. The van der Waals surface area contributed by atoms with Crippen LogP contribution in [0.15, 0.2) is 4.52 Å². The van der Waals surface area contributed by atoms with Gasteiger partial charge in [0, 0.05) is 18.0 Å². The summed E-state index contributed by atoms with van der Waals surface area (Å²) in [5, 5.41) is 6.86. The lowest BCUT2D eigenvalue weighted by atomic mass is 9.85. The Morgan fingerprint density at radius 1 is 1.50 bits per heavy atom. The van der Waals surface area contributed by atoms with Gasteiger partial charge in [0.25, 0.3) is 0 Å². The van der Waals surface area contributed by atoms with E-state index in [1.54, 1.807) is 0 Å². The first kappa shape index (κ1) is 11.2. The van der Waals surface area contributed by atoms with Crippen LogP contribution in [-0.4, -0.2) is 17.6 Å². The molecule has 1 N–H and O–H groups in total. The molecular formula is C12H18N2O2. The van der Waals surface area contributed by atoms with Crippen LogP contribution in [0.1, 0.15) is 36.3 Å². The van der Waals surface area contributed by atoms with Crippen molar-refractivity contribution in [1.82, 2.24) is 10.5 Å². The maximum Gasteiger partial charge on any atom is 0.223 e. The Morgan fingerprint density at radius 3 is 2.75 bits per heavy atom. The molecule has 0 saturated heterocycles. The van der Waals surface area contributed by atoms with E-state index in [4.69, 9.17) is 4.52 Å². The average Bonchev–Trinajstić information content (AvgIpc) is 2.46. The number of rotatable bonds is 4. The van der Waals surface area contributed by atoms with Gasteiger partial charge in [0.15, 0.2) is 0 Å². The molecule has 0 atom stereocenters. The molecule has 1 aliphatic rings. The standard InChI is InChI=1S/C12H18N2O2/c1-8-11(9(2)16-14-8)6-7-13-12(15)10-4-3-5-10/h10H,3-7H2,1-2H3,(H,13,15). The Balaban J connectivity index is 1.77. The van der Waals surface area contributed by atoms with Crippen LogP contribution in [0.2, 0.25) is 0 Å². The fraction of sp³-hybridized carbons (Fsp3) is 0.667. The highest BCUT2D eigenvalue weighted by Crippen LogP contribution is 2.26. The van der Waals surface area contributed by atoms with Crippen molar-refractivity contribution < 1.29 is 9.32 Å². The number of carbonyl (C=O) groups excluding carboxylic acids is 1. The van der Waals surface area contributed by atoms with Gasteiger partial charge in [-0.15, -0.1) is 0 Å². The van der Waals surface area contributed by atoms with E-state index < -0.39 is 0 Å². The van der Waals surface area contributed by atoms with Gasteiger partial charge in [-0.25, -0.2) is 0 Å². The molecule has 1 aliphatic carbocycles. The maximum absolute atomic E-state index is 11.6. The Bertz CT molecular complexity index is 361. The van der Waals surface area contributed by atoms with Crippen molar-refractivity contribution in [3.8, 4) is 0 Å². The third-order valence-corrected chi connectivity index (χ3v) is 3.33. The van der Waals surface area contributed by atoms with Crippen LogP contribution in [0, 0.1) is 19.8 Å². The lowest BCUT2D eigenvalue weighted by molar-refractivity contribution is -0.127. The van der Waals surface area contributed by atoms with Crippen molar-refractivity contribution >= 4 is 5.91 Å². The van der Waals surface area contributed by atoms with Crippen molar-refractivity contribution in [3.05, 3.63) is 17.0 Å². The van der Waals surface area contributed by atoms with Crippen LogP contribution in [0.3, 0.4) is 0 Å². The molecule has 16 heavy (non-hydrogen) atoms. The molecule has 1 aromatic heterocycles. The first-order valence-electron chi connectivity index (χ1n) is 5.88. The molecule has 0 bridgehead atoms. The third-order valence-electron chi connectivity index (χ3n) is 3.33. The monoisotopic (exact) mass is 222 g/mol. The number of aryl methyl sites for hydroxylation is 2. The van der Waals surface area contributed by atoms with Crippen molar-refractivity contribution in [2.45, 2.75) is 39.5 Å². The second-order valence-corrected chi connectivity index (χ2v) is 4.47. The predicted octanol–water partition coefficient (Wildman–Crippen LogP) is 1.75. The Morgan fingerprint density at radius 2 is 2.25 bits per heavy atom. The summed E-state index contributed by atoms with van der Waals surface area (Å²) in [6.45, 7) is 4.51. The number of hydrogen-bond acceptors (Lipinski definition) is 3.